The molecular weight excluding hydrogens is 180 g/mol. The van der Waals surface area contributed by atoms with Crippen LogP contribution in [0.2, 0.25) is 0 Å². The van der Waals surface area contributed by atoms with E-state index in [2.05, 4.69) is 4.98 Å². The van der Waals surface area contributed by atoms with Crippen LogP contribution in [0.25, 0.3) is 11.5 Å². The molecule has 0 radical (unpaired) electrons. The van der Waals surface area contributed by atoms with Crippen LogP contribution in [0, 0.1) is 0 Å². The second kappa shape index (κ2) is 3.51. The van der Waals surface area contributed by atoms with Crippen molar-refractivity contribution in [2.45, 2.75) is 6.54 Å². The topological polar surface area (TPSA) is 72.3 Å². The molecule has 0 aliphatic carbocycles. The van der Waals surface area contributed by atoms with Gasteiger partial charge in [-0.3, -0.25) is 0 Å². The van der Waals surface area contributed by atoms with Gasteiger partial charge < -0.3 is 15.3 Å². The highest BCUT2D eigenvalue weighted by Gasteiger charge is 2.04. The van der Waals surface area contributed by atoms with Crippen LogP contribution >= 0.6 is 0 Å². The van der Waals surface area contributed by atoms with Crippen LogP contribution in [0.15, 0.2) is 34.9 Å². The summed E-state index contributed by atoms with van der Waals surface area (Å²) >= 11 is 0. The normalized spacial score (nSPS) is 10.4. The Labute approximate surface area is 81.0 Å². The van der Waals surface area contributed by atoms with Gasteiger partial charge in [0.2, 0.25) is 5.89 Å². The zero-order valence-corrected chi connectivity index (χ0v) is 7.47. The van der Waals surface area contributed by atoms with E-state index >= 15 is 0 Å². The maximum Gasteiger partial charge on any atom is 0.226 e. The molecule has 1 aromatic heterocycles. The third-order valence-electron chi connectivity index (χ3n) is 1.88. The highest BCUT2D eigenvalue weighted by molar-refractivity contribution is 5.54. The van der Waals surface area contributed by atoms with Crippen molar-refractivity contribution in [1.82, 2.24) is 4.98 Å². The number of hydrogen-bond acceptors (Lipinski definition) is 4. The molecular formula is C10H10N2O2. The molecule has 0 amide bonds. The molecule has 1 aromatic carbocycles. The van der Waals surface area contributed by atoms with E-state index < -0.39 is 0 Å². The lowest BCUT2D eigenvalue weighted by molar-refractivity contribution is 0.475. The van der Waals surface area contributed by atoms with Crippen LogP contribution in [0.4, 0.5) is 0 Å². The average Bonchev–Trinajstić information content (AvgIpc) is 2.67. The number of rotatable bonds is 2. The molecule has 0 bridgehead atoms. The van der Waals surface area contributed by atoms with Gasteiger partial charge in [-0.1, -0.05) is 0 Å². The molecule has 14 heavy (non-hydrogen) atoms. The monoisotopic (exact) mass is 190 g/mol. The van der Waals surface area contributed by atoms with Gasteiger partial charge in [-0.25, -0.2) is 4.98 Å². The first-order valence-electron chi connectivity index (χ1n) is 4.23. The molecule has 2 aromatic rings. The predicted molar refractivity (Wildman–Crippen MR) is 51.5 cm³/mol. The van der Waals surface area contributed by atoms with Crippen molar-refractivity contribution in [2.24, 2.45) is 5.73 Å². The molecule has 1 heterocycles. The number of aromatic hydroxyl groups is 1. The Morgan fingerprint density at radius 3 is 2.57 bits per heavy atom. The standard InChI is InChI=1S/C10H10N2O2/c11-5-8-6-14-10(12-8)7-1-3-9(13)4-2-7/h1-4,6,13H,5,11H2. The van der Waals surface area contributed by atoms with Crippen molar-refractivity contribution in [3.8, 4) is 17.2 Å². The van der Waals surface area contributed by atoms with E-state index in [0.717, 1.165) is 5.56 Å². The van der Waals surface area contributed by atoms with Crippen molar-refractivity contribution in [3.05, 3.63) is 36.2 Å². The minimum absolute atomic E-state index is 0.222. The van der Waals surface area contributed by atoms with Gasteiger partial charge in [0, 0.05) is 12.1 Å². The highest BCUT2D eigenvalue weighted by Crippen LogP contribution is 2.20. The largest absolute Gasteiger partial charge is 0.508 e. The Balaban J connectivity index is 2.34. The lowest BCUT2D eigenvalue weighted by Gasteiger charge is -1.94. The molecule has 0 aliphatic rings. The first-order valence-corrected chi connectivity index (χ1v) is 4.23. The van der Waals surface area contributed by atoms with E-state index in [1.165, 1.54) is 6.26 Å². The lowest BCUT2D eigenvalue weighted by Crippen LogP contribution is -1.95. The van der Waals surface area contributed by atoms with Gasteiger partial charge in [0.25, 0.3) is 0 Å². The number of phenols is 1. The quantitative estimate of drug-likeness (QED) is 0.752. The first kappa shape index (κ1) is 8.77. The van der Waals surface area contributed by atoms with E-state index in [0.29, 0.717) is 18.1 Å². The van der Waals surface area contributed by atoms with Gasteiger partial charge in [-0.15, -0.1) is 0 Å². The molecule has 0 saturated carbocycles. The number of oxazole rings is 1. The van der Waals surface area contributed by atoms with Crippen molar-refractivity contribution in [3.63, 3.8) is 0 Å². The van der Waals surface area contributed by atoms with E-state index in [1.54, 1.807) is 24.3 Å². The molecule has 0 fully saturated rings. The van der Waals surface area contributed by atoms with Crippen molar-refractivity contribution in [1.29, 1.82) is 0 Å². The fraction of sp³-hybridized carbons (Fsp3) is 0.100. The summed E-state index contributed by atoms with van der Waals surface area (Å²) in [5.41, 5.74) is 6.94. The molecule has 4 nitrogen and oxygen atoms in total. The third-order valence-corrected chi connectivity index (χ3v) is 1.88. The maximum atomic E-state index is 9.08. The summed E-state index contributed by atoms with van der Waals surface area (Å²) in [6, 6.07) is 6.65. The highest BCUT2D eigenvalue weighted by atomic mass is 16.3. The molecule has 0 aliphatic heterocycles. The number of phenolic OH excluding ortho intramolecular Hbond substituents is 1. The van der Waals surface area contributed by atoms with Gasteiger partial charge in [0.05, 0.1) is 5.69 Å². The summed E-state index contributed by atoms with van der Waals surface area (Å²) in [4.78, 5) is 4.16. The SMILES string of the molecule is NCc1coc(-c2ccc(O)cc2)n1. The van der Waals surface area contributed by atoms with Gasteiger partial charge in [-0.2, -0.15) is 0 Å². The summed E-state index contributed by atoms with van der Waals surface area (Å²) in [6.45, 7) is 0.363. The minimum Gasteiger partial charge on any atom is -0.508 e. The van der Waals surface area contributed by atoms with Gasteiger partial charge >= 0.3 is 0 Å². The van der Waals surface area contributed by atoms with Crippen molar-refractivity contribution < 1.29 is 9.52 Å². The Morgan fingerprint density at radius 1 is 1.29 bits per heavy atom. The molecule has 2 rings (SSSR count). The molecule has 0 spiro atoms. The second-order valence-corrected chi connectivity index (χ2v) is 2.89. The summed E-state index contributed by atoms with van der Waals surface area (Å²) in [5.74, 6) is 0.741. The third kappa shape index (κ3) is 1.60. The number of nitrogens with two attached hydrogens (primary N) is 1. The summed E-state index contributed by atoms with van der Waals surface area (Å²) < 4.78 is 5.21. The second-order valence-electron chi connectivity index (χ2n) is 2.89. The fourth-order valence-corrected chi connectivity index (χ4v) is 1.14. The zero-order chi connectivity index (χ0) is 9.97. The Bertz CT molecular complexity index is 420. The van der Waals surface area contributed by atoms with E-state index in [1.807, 2.05) is 0 Å². The van der Waals surface area contributed by atoms with Crippen LogP contribution in [0.1, 0.15) is 5.69 Å². The maximum absolute atomic E-state index is 9.08. The van der Waals surface area contributed by atoms with Gasteiger partial charge in [0.1, 0.15) is 12.0 Å². The van der Waals surface area contributed by atoms with Gasteiger partial charge in [-0.05, 0) is 24.3 Å². The molecule has 4 heteroatoms. The number of aromatic nitrogens is 1. The number of benzene rings is 1. The van der Waals surface area contributed by atoms with Crippen LogP contribution < -0.4 is 5.73 Å². The summed E-state index contributed by atoms with van der Waals surface area (Å²) in [7, 11) is 0. The molecule has 0 unspecified atom stereocenters. The fourth-order valence-electron chi connectivity index (χ4n) is 1.14. The molecule has 0 saturated heterocycles. The smallest absolute Gasteiger partial charge is 0.226 e. The summed E-state index contributed by atoms with van der Waals surface area (Å²) in [5, 5.41) is 9.08. The number of hydrogen-bond donors (Lipinski definition) is 2. The summed E-state index contributed by atoms with van der Waals surface area (Å²) in [6.07, 6.45) is 1.53. The molecule has 0 atom stereocenters. The Morgan fingerprint density at radius 2 is 2.00 bits per heavy atom. The van der Waals surface area contributed by atoms with Crippen molar-refractivity contribution >= 4 is 0 Å². The van der Waals surface area contributed by atoms with Crippen LogP contribution in [-0.2, 0) is 6.54 Å². The zero-order valence-electron chi connectivity index (χ0n) is 7.47. The van der Waals surface area contributed by atoms with E-state index in [-0.39, 0.29) is 5.75 Å². The lowest BCUT2D eigenvalue weighted by atomic mass is 10.2. The minimum atomic E-state index is 0.222. The average molecular weight is 190 g/mol. The first-order chi connectivity index (χ1) is 6.79. The van der Waals surface area contributed by atoms with Gasteiger partial charge in [0.15, 0.2) is 0 Å². The van der Waals surface area contributed by atoms with Crippen LogP contribution in [0.5, 0.6) is 5.75 Å². The van der Waals surface area contributed by atoms with Crippen LogP contribution in [0.3, 0.4) is 0 Å². The van der Waals surface area contributed by atoms with E-state index in [9.17, 15) is 0 Å². The van der Waals surface area contributed by atoms with Crippen LogP contribution in [-0.4, -0.2) is 10.1 Å². The Kier molecular flexibility index (Phi) is 2.20. The molecule has 72 valence electrons. The van der Waals surface area contributed by atoms with Crippen molar-refractivity contribution in [2.75, 3.05) is 0 Å². The molecule has 3 N–H and O–H groups in total. The van der Waals surface area contributed by atoms with E-state index in [4.69, 9.17) is 15.3 Å². The number of nitrogens with zero attached hydrogens (tertiary/aromatic N) is 1. The Hall–Kier alpha value is -1.81. The predicted octanol–water partition coefficient (Wildman–Crippen LogP) is 1.51.